The Kier molecular flexibility index (Phi) is 6.18. The Bertz CT molecular complexity index is 2810. The monoisotopic (exact) mass is 627 g/mol. The maximum atomic E-state index is 6.48. The van der Waals surface area contributed by atoms with Crippen LogP contribution in [0.1, 0.15) is 0 Å². The number of anilines is 3. The third-order valence-corrected chi connectivity index (χ3v) is 9.67. The van der Waals surface area contributed by atoms with Gasteiger partial charge in [0.15, 0.2) is 0 Å². The van der Waals surface area contributed by atoms with E-state index in [2.05, 4.69) is 169 Å². The number of para-hydroxylation sites is 2. The van der Waals surface area contributed by atoms with Crippen LogP contribution in [-0.2, 0) is 0 Å². The van der Waals surface area contributed by atoms with Crippen LogP contribution in [0.25, 0.3) is 76.9 Å². The second-order valence-electron chi connectivity index (χ2n) is 12.5. The van der Waals surface area contributed by atoms with Crippen LogP contribution < -0.4 is 4.90 Å². The molecule has 0 aliphatic rings. The Balaban J connectivity index is 1.17. The Morgan fingerprint density at radius 2 is 0.939 bits per heavy atom. The maximum Gasteiger partial charge on any atom is 0.136 e. The minimum Gasteiger partial charge on any atom is -0.456 e. The van der Waals surface area contributed by atoms with E-state index < -0.39 is 0 Å². The molecule has 0 unspecified atom stereocenters. The highest BCUT2D eigenvalue weighted by atomic mass is 16.3. The molecule has 0 aliphatic heterocycles. The standard InChI is InChI=1S/C46H29NO2/c1-3-11-30(12-4-1)31-21-23-32(24-22-31)35-16-10-20-43-45(35)39-29-34(25-27-42(39)49-43)47(33-13-5-2-6-14-33)40-18-9-17-37-36(40)26-28-44-46(37)38-15-7-8-19-41(38)48-44/h1-29H. The van der Waals surface area contributed by atoms with Crippen LogP contribution in [0.2, 0.25) is 0 Å². The van der Waals surface area contributed by atoms with E-state index in [4.69, 9.17) is 8.83 Å². The smallest absolute Gasteiger partial charge is 0.136 e. The predicted octanol–water partition coefficient (Wildman–Crippen LogP) is 13.4. The van der Waals surface area contributed by atoms with E-state index in [9.17, 15) is 0 Å². The van der Waals surface area contributed by atoms with Crippen molar-refractivity contribution in [1.29, 1.82) is 0 Å². The number of hydrogen-bond donors (Lipinski definition) is 0. The molecule has 8 aromatic carbocycles. The molecule has 0 radical (unpaired) electrons. The zero-order valence-corrected chi connectivity index (χ0v) is 26.5. The molecule has 0 atom stereocenters. The van der Waals surface area contributed by atoms with E-state index in [0.29, 0.717) is 0 Å². The SMILES string of the molecule is c1ccc(-c2ccc(-c3cccc4oc5ccc(N(c6ccccc6)c6cccc7c6ccc6oc8ccccc8c67)cc5c34)cc2)cc1. The summed E-state index contributed by atoms with van der Waals surface area (Å²) >= 11 is 0. The van der Waals surface area contributed by atoms with Crippen molar-refractivity contribution in [3.8, 4) is 22.3 Å². The second-order valence-corrected chi connectivity index (χ2v) is 12.5. The van der Waals surface area contributed by atoms with E-state index in [1.807, 2.05) is 12.1 Å². The molecule has 10 aromatic rings. The number of furan rings is 2. The van der Waals surface area contributed by atoms with E-state index >= 15 is 0 Å². The molecule has 0 spiro atoms. The molecular weight excluding hydrogens is 599 g/mol. The average Bonchev–Trinajstić information content (AvgIpc) is 3.74. The highest BCUT2D eigenvalue weighted by Gasteiger charge is 2.20. The molecule has 2 aromatic heterocycles. The summed E-state index contributed by atoms with van der Waals surface area (Å²) in [5.41, 5.74) is 11.5. The molecule has 3 heteroatoms. The lowest BCUT2D eigenvalue weighted by molar-refractivity contribution is 0.668. The Morgan fingerprint density at radius 1 is 0.327 bits per heavy atom. The first-order chi connectivity index (χ1) is 24.3. The van der Waals surface area contributed by atoms with Gasteiger partial charge in [0.2, 0.25) is 0 Å². The fourth-order valence-electron chi connectivity index (χ4n) is 7.43. The molecule has 2 heterocycles. The van der Waals surface area contributed by atoms with Crippen molar-refractivity contribution in [1.82, 2.24) is 0 Å². The summed E-state index contributed by atoms with van der Waals surface area (Å²) in [4.78, 5) is 2.35. The molecule has 0 bridgehead atoms. The molecular formula is C46H29NO2. The van der Waals surface area contributed by atoms with Gasteiger partial charge in [0.1, 0.15) is 22.3 Å². The van der Waals surface area contributed by atoms with Crippen LogP contribution in [-0.4, -0.2) is 0 Å². The molecule has 10 rings (SSSR count). The van der Waals surface area contributed by atoms with E-state index in [-0.39, 0.29) is 0 Å². The lowest BCUT2D eigenvalue weighted by atomic mass is 9.96. The van der Waals surface area contributed by atoms with E-state index in [0.717, 1.165) is 82.8 Å². The minimum atomic E-state index is 0.865. The van der Waals surface area contributed by atoms with Crippen molar-refractivity contribution >= 4 is 71.7 Å². The van der Waals surface area contributed by atoms with Gasteiger partial charge in [0.05, 0.1) is 5.69 Å². The number of benzene rings is 8. The maximum absolute atomic E-state index is 6.48. The molecule has 230 valence electrons. The summed E-state index contributed by atoms with van der Waals surface area (Å²) in [5, 5.41) is 6.78. The van der Waals surface area contributed by atoms with Gasteiger partial charge in [-0.2, -0.15) is 0 Å². The van der Waals surface area contributed by atoms with Gasteiger partial charge in [-0.15, -0.1) is 0 Å². The highest BCUT2D eigenvalue weighted by Crippen LogP contribution is 2.45. The van der Waals surface area contributed by atoms with Gasteiger partial charge in [-0.1, -0.05) is 115 Å². The summed E-state index contributed by atoms with van der Waals surface area (Å²) in [5.74, 6) is 0. The first-order valence-electron chi connectivity index (χ1n) is 16.6. The highest BCUT2D eigenvalue weighted by molar-refractivity contribution is 6.21. The van der Waals surface area contributed by atoms with Gasteiger partial charge >= 0.3 is 0 Å². The van der Waals surface area contributed by atoms with Gasteiger partial charge in [-0.05, 0) is 88.3 Å². The molecule has 0 saturated carbocycles. The topological polar surface area (TPSA) is 29.5 Å². The van der Waals surface area contributed by atoms with Crippen molar-refractivity contribution in [3.63, 3.8) is 0 Å². The van der Waals surface area contributed by atoms with Crippen molar-refractivity contribution in [2.45, 2.75) is 0 Å². The summed E-state index contributed by atoms with van der Waals surface area (Å²) in [6.45, 7) is 0. The number of hydrogen-bond acceptors (Lipinski definition) is 3. The first kappa shape index (κ1) is 27.5. The van der Waals surface area contributed by atoms with Gasteiger partial charge in [0.25, 0.3) is 0 Å². The fourth-order valence-corrected chi connectivity index (χ4v) is 7.43. The predicted molar refractivity (Wildman–Crippen MR) is 204 cm³/mol. The summed E-state index contributed by atoms with van der Waals surface area (Å²) < 4.78 is 12.7. The van der Waals surface area contributed by atoms with Gasteiger partial charge in [0, 0.05) is 38.3 Å². The summed E-state index contributed by atoms with van der Waals surface area (Å²) in [7, 11) is 0. The quantitative estimate of drug-likeness (QED) is 0.190. The molecule has 0 fully saturated rings. The Hall–Kier alpha value is -6.58. The number of nitrogens with zero attached hydrogens (tertiary/aromatic N) is 1. The first-order valence-corrected chi connectivity index (χ1v) is 16.6. The van der Waals surface area contributed by atoms with Crippen molar-refractivity contribution < 1.29 is 8.83 Å². The lowest BCUT2D eigenvalue weighted by Gasteiger charge is -2.27. The second kappa shape index (κ2) is 11.0. The Labute approximate surface area is 282 Å². The van der Waals surface area contributed by atoms with Crippen LogP contribution in [0.15, 0.2) is 185 Å². The van der Waals surface area contributed by atoms with E-state index in [1.54, 1.807) is 0 Å². The van der Waals surface area contributed by atoms with Crippen LogP contribution in [0.3, 0.4) is 0 Å². The zero-order chi connectivity index (χ0) is 32.3. The minimum absolute atomic E-state index is 0.865. The van der Waals surface area contributed by atoms with Crippen molar-refractivity contribution in [2.24, 2.45) is 0 Å². The summed E-state index contributed by atoms with van der Waals surface area (Å²) in [6, 6.07) is 62.0. The van der Waals surface area contributed by atoms with Crippen LogP contribution >= 0.6 is 0 Å². The molecule has 49 heavy (non-hydrogen) atoms. The largest absolute Gasteiger partial charge is 0.456 e. The van der Waals surface area contributed by atoms with Crippen LogP contribution in [0.4, 0.5) is 17.1 Å². The number of rotatable bonds is 5. The van der Waals surface area contributed by atoms with E-state index in [1.165, 1.54) is 11.1 Å². The summed E-state index contributed by atoms with van der Waals surface area (Å²) in [6.07, 6.45) is 0. The molecule has 0 saturated heterocycles. The molecule has 3 nitrogen and oxygen atoms in total. The third kappa shape index (κ3) is 4.44. The fraction of sp³-hybridized carbons (Fsp3) is 0. The van der Waals surface area contributed by atoms with Crippen LogP contribution in [0.5, 0.6) is 0 Å². The molecule has 0 aliphatic carbocycles. The molecule has 0 N–H and O–H groups in total. The normalized spacial score (nSPS) is 11.7. The van der Waals surface area contributed by atoms with Crippen molar-refractivity contribution in [2.75, 3.05) is 4.90 Å². The van der Waals surface area contributed by atoms with Crippen molar-refractivity contribution in [3.05, 3.63) is 176 Å². The Morgan fingerprint density at radius 3 is 1.78 bits per heavy atom. The average molecular weight is 628 g/mol. The lowest BCUT2D eigenvalue weighted by Crippen LogP contribution is -2.10. The number of fused-ring (bicyclic) bond motifs is 8. The van der Waals surface area contributed by atoms with Gasteiger partial charge in [-0.25, -0.2) is 0 Å². The molecule has 0 amide bonds. The van der Waals surface area contributed by atoms with Gasteiger partial charge in [-0.3, -0.25) is 0 Å². The zero-order valence-electron chi connectivity index (χ0n) is 26.5. The third-order valence-electron chi connectivity index (χ3n) is 9.67. The van der Waals surface area contributed by atoms with Gasteiger partial charge < -0.3 is 13.7 Å². The van der Waals surface area contributed by atoms with Crippen LogP contribution in [0, 0.1) is 0 Å².